The van der Waals surface area contributed by atoms with Crippen molar-refractivity contribution in [2.24, 2.45) is 0 Å². The van der Waals surface area contributed by atoms with Crippen molar-refractivity contribution < 1.29 is 26.7 Å². The average molecular weight is 215 g/mol. The summed E-state index contributed by atoms with van der Waals surface area (Å²) >= 11 is 0. The number of carbonyl (C=O) groups excluding carboxylic acids is 1. The fourth-order valence-electron chi connectivity index (χ4n) is 0.570. The SMILES string of the molecule is C#CCN(C)C(=O)C(F)(F)C(F)(F)F. The fourth-order valence-corrected chi connectivity index (χ4v) is 0.570. The van der Waals surface area contributed by atoms with Crippen molar-refractivity contribution >= 4 is 5.91 Å². The molecule has 1 amide bonds. The van der Waals surface area contributed by atoms with Gasteiger partial charge in [0.1, 0.15) is 0 Å². The monoisotopic (exact) mass is 215 g/mol. The van der Waals surface area contributed by atoms with Crippen molar-refractivity contribution in [2.45, 2.75) is 12.1 Å². The Hall–Kier alpha value is -1.32. The molecule has 0 atom stereocenters. The first-order valence-electron chi connectivity index (χ1n) is 3.28. The van der Waals surface area contributed by atoms with Crippen LogP contribution in [-0.2, 0) is 4.79 Å². The van der Waals surface area contributed by atoms with Crippen molar-refractivity contribution in [2.75, 3.05) is 13.6 Å². The number of alkyl halides is 5. The molecule has 2 nitrogen and oxygen atoms in total. The summed E-state index contributed by atoms with van der Waals surface area (Å²) in [6.07, 6.45) is -1.25. The van der Waals surface area contributed by atoms with Gasteiger partial charge in [-0.1, -0.05) is 5.92 Å². The molecule has 0 N–H and O–H groups in total. The molecule has 0 aliphatic carbocycles. The topological polar surface area (TPSA) is 20.3 Å². The van der Waals surface area contributed by atoms with E-state index in [-0.39, 0.29) is 4.90 Å². The molecule has 0 saturated carbocycles. The van der Waals surface area contributed by atoms with Gasteiger partial charge in [-0.3, -0.25) is 4.79 Å². The van der Waals surface area contributed by atoms with Gasteiger partial charge in [0.15, 0.2) is 0 Å². The zero-order chi connectivity index (χ0) is 11.6. The van der Waals surface area contributed by atoms with Crippen LogP contribution in [-0.4, -0.2) is 36.5 Å². The molecule has 7 heteroatoms. The van der Waals surface area contributed by atoms with Crippen molar-refractivity contribution in [3.8, 4) is 12.3 Å². The van der Waals surface area contributed by atoms with Crippen LogP contribution in [0.4, 0.5) is 22.0 Å². The second kappa shape index (κ2) is 3.82. The number of terminal acetylenes is 1. The zero-order valence-corrected chi connectivity index (χ0v) is 7.03. The van der Waals surface area contributed by atoms with E-state index in [2.05, 4.69) is 6.42 Å². The Balaban J connectivity index is 4.78. The van der Waals surface area contributed by atoms with Gasteiger partial charge < -0.3 is 4.90 Å². The van der Waals surface area contributed by atoms with E-state index >= 15 is 0 Å². The van der Waals surface area contributed by atoms with Gasteiger partial charge in [-0.25, -0.2) is 0 Å². The van der Waals surface area contributed by atoms with E-state index in [0.29, 0.717) is 0 Å². The highest BCUT2D eigenvalue weighted by atomic mass is 19.4. The minimum absolute atomic E-state index is 0.132. The smallest absolute Gasteiger partial charge is 0.329 e. The normalized spacial score (nSPS) is 12.1. The second-order valence-corrected chi connectivity index (χ2v) is 2.44. The first kappa shape index (κ1) is 12.7. The molecule has 0 rings (SSSR count). The van der Waals surface area contributed by atoms with Gasteiger partial charge in [0.2, 0.25) is 0 Å². The van der Waals surface area contributed by atoms with E-state index in [4.69, 9.17) is 0 Å². The van der Waals surface area contributed by atoms with E-state index in [0.717, 1.165) is 7.05 Å². The number of hydrogen-bond donors (Lipinski definition) is 0. The van der Waals surface area contributed by atoms with Crippen LogP contribution in [0.5, 0.6) is 0 Å². The van der Waals surface area contributed by atoms with Crippen molar-refractivity contribution in [1.82, 2.24) is 4.90 Å². The molecule has 0 bridgehead atoms. The van der Waals surface area contributed by atoms with Crippen LogP contribution in [0.1, 0.15) is 0 Å². The van der Waals surface area contributed by atoms with E-state index in [9.17, 15) is 26.7 Å². The lowest BCUT2D eigenvalue weighted by Gasteiger charge is -2.23. The van der Waals surface area contributed by atoms with Crippen LogP contribution in [0, 0.1) is 12.3 Å². The standard InChI is InChI=1S/C7H6F5NO/c1-3-4-13(2)5(14)6(8,9)7(10,11)12/h1H,4H2,2H3. The number of nitrogens with zero attached hydrogens (tertiary/aromatic N) is 1. The molecular formula is C7H6F5NO. The molecule has 0 aliphatic heterocycles. The number of halogens is 5. The Labute approximate surface area is 76.7 Å². The first-order chi connectivity index (χ1) is 6.14. The fraction of sp³-hybridized carbons (Fsp3) is 0.571. The van der Waals surface area contributed by atoms with Crippen LogP contribution < -0.4 is 0 Å². The van der Waals surface area contributed by atoms with Crippen molar-refractivity contribution in [3.63, 3.8) is 0 Å². The summed E-state index contributed by atoms with van der Waals surface area (Å²) in [5, 5.41) is 0. The molecule has 0 aromatic rings. The van der Waals surface area contributed by atoms with Gasteiger partial charge >= 0.3 is 18.0 Å². The van der Waals surface area contributed by atoms with E-state index in [1.165, 1.54) is 0 Å². The van der Waals surface area contributed by atoms with Crippen LogP contribution in [0.15, 0.2) is 0 Å². The Bertz CT molecular complexity index is 264. The lowest BCUT2D eigenvalue weighted by molar-refractivity contribution is -0.273. The molecule has 14 heavy (non-hydrogen) atoms. The minimum atomic E-state index is -5.90. The maximum absolute atomic E-state index is 12.3. The van der Waals surface area contributed by atoms with E-state index < -0.39 is 24.6 Å². The Morgan fingerprint density at radius 1 is 1.36 bits per heavy atom. The summed E-state index contributed by atoms with van der Waals surface area (Å²) in [5.74, 6) is -5.97. The molecule has 0 aromatic carbocycles. The van der Waals surface area contributed by atoms with Gasteiger partial charge in [-0.15, -0.1) is 6.42 Å². The average Bonchev–Trinajstić information content (AvgIpc) is 2.01. The van der Waals surface area contributed by atoms with Crippen LogP contribution in [0.2, 0.25) is 0 Å². The number of hydrogen-bond acceptors (Lipinski definition) is 1. The number of rotatable bonds is 2. The van der Waals surface area contributed by atoms with Crippen LogP contribution in [0.25, 0.3) is 0 Å². The summed E-state index contributed by atoms with van der Waals surface area (Å²) in [6, 6.07) is 0. The predicted molar refractivity (Wildman–Crippen MR) is 37.5 cm³/mol. The lowest BCUT2D eigenvalue weighted by Crippen LogP contribution is -2.51. The Morgan fingerprint density at radius 3 is 2.07 bits per heavy atom. The predicted octanol–water partition coefficient (Wildman–Crippen LogP) is 1.28. The molecule has 0 aromatic heterocycles. The number of carbonyl (C=O) groups is 1. The second-order valence-electron chi connectivity index (χ2n) is 2.44. The summed E-state index contributed by atoms with van der Waals surface area (Å²) in [4.78, 5) is 10.7. The molecule has 0 aliphatic rings. The summed E-state index contributed by atoms with van der Waals surface area (Å²) < 4.78 is 59.5. The minimum Gasteiger partial charge on any atom is -0.329 e. The Kier molecular flexibility index (Phi) is 3.46. The maximum atomic E-state index is 12.3. The highest BCUT2D eigenvalue weighted by molar-refractivity contribution is 5.84. The molecule has 0 unspecified atom stereocenters. The quantitative estimate of drug-likeness (QED) is 0.501. The van der Waals surface area contributed by atoms with Gasteiger partial charge in [-0.05, 0) is 0 Å². The summed E-state index contributed by atoms with van der Waals surface area (Å²) in [7, 11) is 0.766. The highest BCUT2D eigenvalue weighted by Gasteiger charge is 2.64. The third-order valence-electron chi connectivity index (χ3n) is 1.30. The van der Waals surface area contributed by atoms with Gasteiger partial charge in [0.05, 0.1) is 6.54 Å². The summed E-state index contributed by atoms with van der Waals surface area (Å²) in [6.45, 7) is -0.607. The molecule has 0 heterocycles. The zero-order valence-electron chi connectivity index (χ0n) is 7.03. The van der Waals surface area contributed by atoms with Crippen molar-refractivity contribution in [1.29, 1.82) is 0 Å². The van der Waals surface area contributed by atoms with E-state index in [1.807, 2.05) is 0 Å². The highest BCUT2D eigenvalue weighted by Crippen LogP contribution is 2.36. The van der Waals surface area contributed by atoms with E-state index in [1.54, 1.807) is 5.92 Å². The molecule has 0 saturated heterocycles. The molecule has 0 fully saturated rings. The lowest BCUT2D eigenvalue weighted by atomic mass is 10.3. The van der Waals surface area contributed by atoms with Crippen LogP contribution >= 0.6 is 0 Å². The maximum Gasteiger partial charge on any atom is 0.463 e. The number of amides is 1. The third kappa shape index (κ3) is 2.34. The van der Waals surface area contributed by atoms with Gasteiger partial charge in [0, 0.05) is 7.05 Å². The van der Waals surface area contributed by atoms with Crippen LogP contribution in [0.3, 0.4) is 0 Å². The van der Waals surface area contributed by atoms with Gasteiger partial charge in [-0.2, -0.15) is 22.0 Å². The molecule has 0 spiro atoms. The Morgan fingerprint density at radius 2 is 1.79 bits per heavy atom. The summed E-state index contributed by atoms with van der Waals surface area (Å²) in [5.41, 5.74) is 0. The molecular weight excluding hydrogens is 209 g/mol. The van der Waals surface area contributed by atoms with Gasteiger partial charge in [0.25, 0.3) is 0 Å². The molecule has 80 valence electrons. The van der Waals surface area contributed by atoms with Crippen molar-refractivity contribution in [3.05, 3.63) is 0 Å². The third-order valence-corrected chi connectivity index (χ3v) is 1.30. The molecule has 0 radical (unpaired) electrons. The first-order valence-corrected chi connectivity index (χ1v) is 3.28. The largest absolute Gasteiger partial charge is 0.463 e.